The number of hydrogen-bond donors (Lipinski definition) is 0. The van der Waals surface area contributed by atoms with Crippen molar-refractivity contribution in [1.29, 1.82) is 0 Å². The van der Waals surface area contributed by atoms with E-state index in [4.69, 9.17) is 9.98 Å². The lowest BCUT2D eigenvalue weighted by atomic mass is 9.76. The molecule has 0 radical (unpaired) electrons. The van der Waals surface area contributed by atoms with E-state index < -0.39 is 6.89 Å². The number of carbonyl (C=O) groups excluding carboxylic acids is 1. The monoisotopic (exact) mass is 634 g/mol. The number of fused-ring (bicyclic) bond motifs is 1. The van der Waals surface area contributed by atoms with Crippen molar-refractivity contribution in [2.45, 2.75) is 0 Å². The molecule has 228 valence electrons. The molecule has 0 heterocycles. The highest BCUT2D eigenvalue weighted by molar-refractivity contribution is 7.98. The van der Waals surface area contributed by atoms with Crippen molar-refractivity contribution in [2.24, 2.45) is 9.98 Å². The lowest BCUT2D eigenvalue weighted by Gasteiger charge is -2.40. The first-order valence-electron chi connectivity index (χ1n) is 16.0. The number of aliphatic imine (C=N–C) groups is 2. The first-order chi connectivity index (χ1) is 23.7. The molecule has 0 amide bonds. The van der Waals surface area contributed by atoms with E-state index in [1.807, 2.05) is 84.9 Å². The van der Waals surface area contributed by atoms with E-state index in [-0.39, 0.29) is 5.78 Å². The summed E-state index contributed by atoms with van der Waals surface area (Å²) in [4.78, 5) is 25.0. The Kier molecular flexibility index (Phi) is 7.82. The van der Waals surface area contributed by atoms with E-state index in [1.54, 1.807) is 6.08 Å². The number of carbonyl (C=O) groups is 1. The number of ketones is 1. The van der Waals surface area contributed by atoms with E-state index in [0.717, 1.165) is 44.8 Å². The standard InChI is InChI=1S/C44H31N2OP/c47-39-31-30-32-18-16-17-29-38(32)40(39)41-42(45-33-19-6-1-7-20-33)44(43(41)46-34-21-8-2-9-22-34)48(35-23-10-3-11-24-35,36-25-12-4-13-26-36)37-27-14-5-15-28-37/h1-31H. The van der Waals surface area contributed by atoms with Crippen LogP contribution in [0.3, 0.4) is 0 Å². The lowest BCUT2D eigenvalue weighted by Crippen LogP contribution is -2.48. The number of rotatable bonds is 5. The number of hydrogen-bond acceptors (Lipinski definition) is 3. The second-order valence-corrected chi connectivity index (χ2v) is 15.0. The summed E-state index contributed by atoms with van der Waals surface area (Å²) < 4.78 is 0. The van der Waals surface area contributed by atoms with Crippen molar-refractivity contribution in [3.63, 3.8) is 0 Å². The van der Waals surface area contributed by atoms with Crippen LogP contribution in [-0.4, -0.2) is 22.5 Å². The third-order valence-corrected chi connectivity index (χ3v) is 13.1. The van der Waals surface area contributed by atoms with E-state index >= 15 is 0 Å². The molecule has 0 bridgehead atoms. The van der Waals surface area contributed by atoms with Gasteiger partial charge in [-0.2, -0.15) is 0 Å². The first kappa shape index (κ1) is 29.5. The van der Waals surface area contributed by atoms with Gasteiger partial charge >= 0.3 is 0 Å². The molecule has 6 aromatic carbocycles. The molecule has 8 rings (SSSR count). The second kappa shape index (κ2) is 12.7. The van der Waals surface area contributed by atoms with E-state index in [2.05, 4.69) is 97.1 Å². The molecule has 4 heteroatoms. The second-order valence-electron chi connectivity index (χ2n) is 11.7. The minimum atomic E-state index is -2.64. The molecule has 1 saturated carbocycles. The van der Waals surface area contributed by atoms with Crippen LogP contribution in [-0.2, 0) is 4.79 Å². The van der Waals surface area contributed by atoms with Gasteiger partial charge in [0, 0.05) is 16.4 Å². The highest BCUT2D eigenvalue weighted by Crippen LogP contribution is 2.52. The number of allylic oxidation sites excluding steroid dienone is 3. The Bertz CT molecular complexity index is 2160. The molecule has 2 aliphatic rings. The Hall–Kier alpha value is -5.89. The predicted molar refractivity (Wildman–Crippen MR) is 205 cm³/mol. The molecule has 0 spiro atoms. The number of benzene rings is 6. The van der Waals surface area contributed by atoms with Crippen molar-refractivity contribution < 1.29 is 4.79 Å². The minimum Gasteiger partial charge on any atom is -0.289 e. The van der Waals surface area contributed by atoms with Crippen molar-refractivity contribution in [3.8, 4) is 0 Å². The fourth-order valence-electron chi connectivity index (χ4n) is 6.73. The maximum atomic E-state index is 14.1. The molecule has 0 saturated heterocycles. The zero-order chi connectivity index (χ0) is 32.3. The van der Waals surface area contributed by atoms with Crippen LogP contribution in [0.5, 0.6) is 0 Å². The fraction of sp³-hybridized carbons (Fsp3) is 0. The summed E-state index contributed by atoms with van der Waals surface area (Å²) in [6.07, 6.45) is 3.58. The number of nitrogens with zero attached hydrogens (tertiary/aromatic N) is 2. The van der Waals surface area contributed by atoms with Gasteiger partial charge in [0.05, 0.1) is 22.8 Å². The summed E-state index contributed by atoms with van der Waals surface area (Å²) in [7, 11) is 0. The zero-order valence-electron chi connectivity index (χ0n) is 26.1. The van der Waals surface area contributed by atoms with Crippen LogP contribution in [0.2, 0.25) is 0 Å². The largest absolute Gasteiger partial charge is 0.289 e. The summed E-state index contributed by atoms with van der Waals surface area (Å²) >= 11 is 0. The van der Waals surface area contributed by atoms with Crippen molar-refractivity contribution in [3.05, 3.63) is 199 Å². The molecule has 0 atom stereocenters. The molecule has 6 aromatic rings. The Labute approximate surface area is 281 Å². The summed E-state index contributed by atoms with van der Waals surface area (Å²) in [6, 6.07) is 60.4. The molecule has 0 aromatic heterocycles. The SMILES string of the molecule is O=C1C=Cc2ccccc2C1=C1C(=Nc2ccccc2)C(=P(c2ccccc2)(c2ccccc2)c2ccccc2)C1=Nc1ccccc1. The normalized spacial score (nSPS) is 15.8. The van der Waals surface area contributed by atoms with Crippen molar-refractivity contribution in [1.82, 2.24) is 0 Å². The molecule has 48 heavy (non-hydrogen) atoms. The quantitative estimate of drug-likeness (QED) is 0.138. The van der Waals surface area contributed by atoms with Crippen LogP contribution in [0.15, 0.2) is 198 Å². The summed E-state index contributed by atoms with van der Waals surface area (Å²) in [5.74, 6) is -0.0488. The molecule has 2 aliphatic carbocycles. The van der Waals surface area contributed by atoms with Crippen LogP contribution < -0.4 is 15.9 Å². The van der Waals surface area contributed by atoms with Gasteiger partial charge in [0.1, 0.15) is 0 Å². The predicted octanol–water partition coefficient (Wildman–Crippen LogP) is 8.76. The van der Waals surface area contributed by atoms with Gasteiger partial charge in [-0.1, -0.05) is 158 Å². The van der Waals surface area contributed by atoms with Gasteiger partial charge in [0.25, 0.3) is 0 Å². The van der Waals surface area contributed by atoms with Crippen molar-refractivity contribution in [2.75, 3.05) is 0 Å². The third kappa shape index (κ3) is 5.06. The minimum absolute atomic E-state index is 0.0488. The lowest BCUT2D eigenvalue weighted by molar-refractivity contribution is -0.109. The average molecular weight is 635 g/mol. The molecular formula is C44H31N2OP. The van der Waals surface area contributed by atoms with E-state index in [9.17, 15) is 4.79 Å². The van der Waals surface area contributed by atoms with Crippen LogP contribution in [0.1, 0.15) is 11.1 Å². The van der Waals surface area contributed by atoms with Crippen LogP contribution in [0.4, 0.5) is 11.4 Å². The molecule has 1 fully saturated rings. The van der Waals surface area contributed by atoms with Gasteiger partial charge in [0.2, 0.25) is 0 Å². The number of para-hydroxylation sites is 2. The van der Waals surface area contributed by atoms with E-state index in [1.165, 1.54) is 15.9 Å². The highest BCUT2D eigenvalue weighted by atomic mass is 31.2. The third-order valence-electron chi connectivity index (χ3n) is 8.82. The Morgan fingerprint density at radius 2 is 0.792 bits per heavy atom. The Balaban J connectivity index is 1.62. The Morgan fingerprint density at radius 1 is 0.396 bits per heavy atom. The maximum Gasteiger partial charge on any atom is 0.187 e. The molecule has 3 nitrogen and oxygen atoms in total. The van der Waals surface area contributed by atoms with Crippen LogP contribution in [0.25, 0.3) is 11.6 Å². The van der Waals surface area contributed by atoms with Crippen LogP contribution >= 0.6 is 6.89 Å². The van der Waals surface area contributed by atoms with Gasteiger partial charge in [-0.25, -0.2) is 9.98 Å². The maximum absolute atomic E-state index is 14.1. The van der Waals surface area contributed by atoms with Gasteiger partial charge in [-0.05, 0) is 64.3 Å². The van der Waals surface area contributed by atoms with Crippen molar-refractivity contribution >= 4 is 68.3 Å². The van der Waals surface area contributed by atoms with Gasteiger partial charge in [0.15, 0.2) is 5.78 Å². The molecule has 0 aliphatic heterocycles. The Morgan fingerprint density at radius 3 is 1.25 bits per heavy atom. The fourth-order valence-corrected chi connectivity index (χ4v) is 11.2. The molecular weight excluding hydrogens is 603 g/mol. The average Bonchev–Trinajstić information content (AvgIpc) is 3.16. The van der Waals surface area contributed by atoms with Gasteiger partial charge in [-0.15, -0.1) is 0 Å². The van der Waals surface area contributed by atoms with Crippen LogP contribution in [0, 0.1) is 0 Å². The summed E-state index contributed by atoms with van der Waals surface area (Å²) in [5, 5.41) is 4.64. The molecule has 0 unspecified atom stereocenters. The van der Waals surface area contributed by atoms with Gasteiger partial charge in [-0.3, -0.25) is 4.79 Å². The van der Waals surface area contributed by atoms with E-state index in [0.29, 0.717) is 5.57 Å². The first-order valence-corrected chi connectivity index (χ1v) is 17.8. The zero-order valence-corrected chi connectivity index (χ0v) is 27.0. The summed E-state index contributed by atoms with van der Waals surface area (Å²) in [5.41, 5.74) is 6.55. The molecule has 0 N–H and O–H groups in total. The smallest absolute Gasteiger partial charge is 0.187 e. The summed E-state index contributed by atoms with van der Waals surface area (Å²) in [6.45, 7) is -2.64. The topological polar surface area (TPSA) is 41.8 Å². The highest BCUT2D eigenvalue weighted by Gasteiger charge is 2.46. The van der Waals surface area contributed by atoms with Gasteiger partial charge < -0.3 is 0 Å².